The standard InChI is InChI=1S/C14H23ClN2/c1-6-14(3,4)17(5)13-8-7-11(10(2)16)9-12(13)15/h7-10H,6,16H2,1-5H3/t10-/m1/s1. The molecule has 0 heterocycles. The molecule has 0 bridgehead atoms. The van der Waals surface area contributed by atoms with Gasteiger partial charge in [-0.05, 0) is 44.9 Å². The van der Waals surface area contributed by atoms with Crippen LogP contribution >= 0.6 is 11.6 Å². The molecule has 0 aliphatic heterocycles. The maximum Gasteiger partial charge on any atom is 0.0642 e. The first-order valence-corrected chi connectivity index (χ1v) is 6.46. The van der Waals surface area contributed by atoms with E-state index < -0.39 is 0 Å². The molecule has 1 atom stereocenters. The van der Waals surface area contributed by atoms with Gasteiger partial charge in [0, 0.05) is 18.6 Å². The molecule has 1 rings (SSSR count). The number of rotatable bonds is 4. The van der Waals surface area contributed by atoms with Crippen LogP contribution in [0.4, 0.5) is 5.69 Å². The third-order valence-electron chi connectivity index (χ3n) is 3.63. The van der Waals surface area contributed by atoms with Gasteiger partial charge in [0.05, 0.1) is 10.7 Å². The molecule has 0 aliphatic carbocycles. The van der Waals surface area contributed by atoms with E-state index in [1.165, 1.54) is 0 Å². The van der Waals surface area contributed by atoms with Crippen LogP contribution in [0.2, 0.25) is 5.02 Å². The highest BCUT2D eigenvalue weighted by Crippen LogP contribution is 2.32. The molecule has 2 N–H and O–H groups in total. The molecule has 0 unspecified atom stereocenters. The van der Waals surface area contributed by atoms with Gasteiger partial charge in [0.1, 0.15) is 0 Å². The highest BCUT2D eigenvalue weighted by atomic mass is 35.5. The monoisotopic (exact) mass is 254 g/mol. The Morgan fingerprint density at radius 1 is 1.41 bits per heavy atom. The van der Waals surface area contributed by atoms with Gasteiger partial charge in [0.15, 0.2) is 0 Å². The van der Waals surface area contributed by atoms with E-state index in [9.17, 15) is 0 Å². The molecule has 0 radical (unpaired) electrons. The molecule has 0 amide bonds. The first-order chi connectivity index (χ1) is 7.79. The van der Waals surface area contributed by atoms with Crippen LogP contribution in [0.3, 0.4) is 0 Å². The number of nitrogens with two attached hydrogens (primary N) is 1. The van der Waals surface area contributed by atoms with Crippen LogP contribution in [0.5, 0.6) is 0 Å². The molecule has 0 aliphatic rings. The zero-order chi connectivity index (χ0) is 13.2. The number of anilines is 1. The summed E-state index contributed by atoms with van der Waals surface area (Å²) < 4.78 is 0. The first kappa shape index (κ1) is 14.3. The third kappa shape index (κ3) is 3.14. The topological polar surface area (TPSA) is 29.3 Å². The van der Waals surface area contributed by atoms with Crippen molar-refractivity contribution in [1.29, 1.82) is 0 Å². The molecule has 0 aromatic heterocycles. The summed E-state index contributed by atoms with van der Waals surface area (Å²) in [5.74, 6) is 0. The van der Waals surface area contributed by atoms with Gasteiger partial charge in [-0.25, -0.2) is 0 Å². The van der Waals surface area contributed by atoms with E-state index in [1.807, 2.05) is 19.1 Å². The van der Waals surface area contributed by atoms with E-state index in [4.69, 9.17) is 17.3 Å². The second-order valence-corrected chi connectivity index (χ2v) is 5.63. The molecular formula is C14H23ClN2. The fraction of sp³-hybridized carbons (Fsp3) is 0.571. The van der Waals surface area contributed by atoms with Gasteiger partial charge in [-0.2, -0.15) is 0 Å². The molecule has 3 heteroatoms. The van der Waals surface area contributed by atoms with E-state index in [-0.39, 0.29) is 11.6 Å². The molecule has 2 nitrogen and oxygen atoms in total. The maximum absolute atomic E-state index is 6.33. The van der Waals surface area contributed by atoms with E-state index in [2.05, 4.69) is 38.8 Å². The summed E-state index contributed by atoms with van der Waals surface area (Å²) in [6.45, 7) is 8.57. The van der Waals surface area contributed by atoms with Crippen LogP contribution in [0, 0.1) is 0 Å². The van der Waals surface area contributed by atoms with Gasteiger partial charge in [-0.3, -0.25) is 0 Å². The lowest BCUT2D eigenvalue weighted by atomic mass is 9.98. The average Bonchev–Trinajstić information content (AvgIpc) is 2.27. The third-order valence-corrected chi connectivity index (χ3v) is 3.93. The zero-order valence-electron chi connectivity index (χ0n) is 11.4. The fourth-order valence-electron chi connectivity index (χ4n) is 1.64. The normalized spacial score (nSPS) is 13.6. The van der Waals surface area contributed by atoms with Crippen molar-refractivity contribution < 1.29 is 0 Å². The summed E-state index contributed by atoms with van der Waals surface area (Å²) in [5.41, 5.74) is 8.07. The molecule has 96 valence electrons. The lowest BCUT2D eigenvalue weighted by Crippen LogP contribution is -2.40. The lowest BCUT2D eigenvalue weighted by molar-refractivity contribution is 0.471. The SMILES string of the molecule is CCC(C)(C)N(C)c1ccc([C@@H](C)N)cc1Cl. The van der Waals surface area contributed by atoms with Crippen LogP contribution in [-0.4, -0.2) is 12.6 Å². The maximum atomic E-state index is 6.33. The predicted molar refractivity (Wildman–Crippen MR) is 76.8 cm³/mol. The molecule has 0 saturated carbocycles. The average molecular weight is 255 g/mol. The summed E-state index contributed by atoms with van der Waals surface area (Å²) >= 11 is 6.33. The summed E-state index contributed by atoms with van der Waals surface area (Å²) in [4.78, 5) is 2.22. The van der Waals surface area contributed by atoms with Crippen LogP contribution in [-0.2, 0) is 0 Å². The molecule has 0 saturated heterocycles. The number of halogens is 1. The fourth-order valence-corrected chi connectivity index (χ4v) is 1.96. The number of nitrogens with zero attached hydrogens (tertiary/aromatic N) is 1. The van der Waals surface area contributed by atoms with Crippen molar-refractivity contribution in [2.45, 2.75) is 45.7 Å². The van der Waals surface area contributed by atoms with Crippen molar-refractivity contribution in [3.05, 3.63) is 28.8 Å². The minimum absolute atomic E-state index is 0.0195. The van der Waals surface area contributed by atoms with Crippen LogP contribution in [0.15, 0.2) is 18.2 Å². The Bertz CT molecular complexity index is 386. The highest BCUT2D eigenvalue weighted by molar-refractivity contribution is 6.33. The number of hydrogen-bond acceptors (Lipinski definition) is 2. The predicted octanol–water partition coefficient (Wildman–Crippen LogP) is 3.98. The second kappa shape index (κ2) is 5.28. The van der Waals surface area contributed by atoms with Gasteiger partial charge < -0.3 is 10.6 Å². The first-order valence-electron chi connectivity index (χ1n) is 6.08. The zero-order valence-corrected chi connectivity index (χ0v) is 12.2. The van der Waals surface area contributed by atoms with Crippen LogP contribution < -0.4 is 10.6 Å². The van der Waals surface area contributed by atoms with Crippen molar-refractivity contribution >= 4 is 17.3 Å². The van der Waals surface area contributed by atoms with Crippen molar-refractivity contribution in [2.75, 3.05) is 11.9 Å². The smallest absolute Gasteiger partial charge is 0.0642 e. The van der Waals surface area contributed by atoms with Gasteiger partial charge in [-0.1, -0.05) is 24.6 Å². The van der Waals surface area contributed by atoms with Crippen molar-refractivity contribution in [2.24, 2.45) is 5.73 Å². The molecule has 1 aromatic carbocycles. The molecule has 1 aromatic rings. The van der Waals surface area contributed by atoms with Gasteiger partial charge in [-0.15, -0.1) is 0 Å². The summed E-state index contributed by atoms with van der Waals surface area (Å²) in [6, 6.07) is 6.09. The quantitative estimate of drug-likeness (QED) is 0.881. The number of benzene rings is 1. The van der Waals surface area contributed by atoms with Crippen molar-refractivity contribution in [3.8, 4) is 0 Å². The summed E-state index contributed by atoms with van der Waals surface area (Å²) in [6.07, 6.45) is 1.06. The van der Waals surface area contributed by atoms with E-state index >= 15 is 0 Å². The van der Waals surface area contributed by atoms with Crippen molar-refractivity contribution in [3.63, 3.8) is 0 Å². The Morgan fingerprint density at radius 3 is 2.41 bits per heavy atom. The molecule has 0 spiro atoms. The second-order valence-electron chi connectivity index (χ2n) is 5.22. The Balaban J connectivity index is 3.08. The van der Waals surface area contributed by atoms with E-state index in [0.717, 1.165) is 22.7 Å². The Labute approximate surface area is 110 Å². The molecule has 17 heavy (non-hydrogen) atoms. The van der Waals surface area contributed by atoms with Crippen LogP contribution in [0.25, 0.3) is 0 Å². The molecule has 0 fully saturated rings. The Morgan fingerprint density at radius 2 is 2.00 bits per heavy atom. The Kier molecular flexibility index (Phi) is 4.45. The van der Waals surface area contributed by atoms with Crippen molar-refractivity contribution in [1.82, 2.24) is 0 Å². The summed E-state index contributed by atoms with van der Waals surface area (Å²) in [5, 5.41) is 0.767. The largest absolute Gasteiger partial charge is 0.368 e. The summed E-state index contributed by atoms with van der Waals surface area (Å²) in [7, 11) is 2.08. The molecular weight excluding hydrogens is 232 g/mol. The number of hydrogen-bond donors (Lipinski definition) is 1. The lowest BCUT2D eigenvalue weighted by Gasteiger charge is -2.37. The Hall–Kier alpha value is -0.730. The van der Waals surface area contributed by atoms with E-state index in [0.29, 0.717) is 0 Å². The minimum Gasteiger partial charge on any atom is -0.368 e. The van der Waals surface area contributed by atoms with E-state index in [1.54, 1.807) is 0 Å². The minimum atomic E-state index is 0.0195. The van der Waals surface area contributed by atoms with Gasteiger partial charge >= 0.3 is 0 Å². The van der Waals surface area contributed by atoms with Gasteiger partial charge in [0.2, 0.25) is 0 Å². The highest BCUT2D eigenvalue weighted by Gasteiger charge is 2.23. The van der Waals surface area contributed by atoms with Crippen LogP contribution in [0.1, 0.15) is 45.7 Å². The van der Waals surface area contributed by atoms with Gasteiger partial charge in [0.25, 0.3) is 0 Å².